The fourth-order valence-corrected chi connectivity index (χ4v) is 2.67. The summed E-state index contributed by atoms with van der Waals surface area (Å²) < 4.78 is 22.3. The topological polar surface area (TPSA) is 67.3 Å². The average Bonchev–Trinajstić information content (AvgIpc) is 2.70. The molecule has 1 atom stereocenters. The highest BCUT2D eigenvalue weighted by Crippen LogP contribution is 2.18. The third kappa shape index (κ3) is 4.27. The summed E-state index contributed by atoms with van der Waals surface area (Å²) in [6.07, 6.45) is 0.293. The van der Waals surface area contributed by atoms with Crippen LogP contribution >= 0.6 is 11.3 Å². The predicted molar refractivity (Wildman–Crippen MR) is 60.6 cm³/mol. The number of thiazole rings is 1. The van der Waals surface area contributed by atoms with Crippen molar-refractivity contribution in [3.63, 3.8) is 0 Å². The second-order valence-corrected chi connectivity index (χ2v) is 6.50. The maximum absolute atomic E-state index is 11.2. The number of hydrogen-bond donors (Lipinski definition) is 1. The van der Waals surface area contributed by atoms with E-state index in [4.69, 9.17) is 0 Å². The lowest BCUT2D eigenvalue weighted by atomic mass is 10.2. The Bertz CT molecular complexity index is 372. The van der Waals surface area contributed by atoms with Crippen LogP contribution in [0, 0.1) is 0 Å². The zero-order valence-electron chi connectivity index (χ0n) is 8.59. The molecule has 4 nitrogen and oxygen atoms in total. The van der Waals surface area contributed by atoms with E-state index in [1.54, 1.807) is 17.8 Å². The van der Waals surface area contributed by atoms with Gasteiger partial charge in [0.25, 0.3) is 0 Å². The number of hydrogen-bond acceptors (Lipinski definition) is 5. The van der Waals surface area contributed by atoms with Gasteiger partial charge >= 0.3 is 0 Å². The Morgan fingerprint density at radius 2 is 2.33 bits per heavy atom. The van der Waals surface area contributed by atoms with E-state index in [0.717, 1.165) is 0 Å². The Labute approximate surface area is 93.9 Å². The van der Waals surface area contributed by atoms with Crippen molar-refractivity contribution in [2.75, 3.05) is 11.5 Å². The highest BCUT2D eigenvalue weighted by atomic mass is 32.2. The molecule has 0 spiro atoms. The van der Waals surface area contributed by atoms with E-state index in [-0.39, 0.29) is 11.5 Å². The summed E-state index contributed by atoms with van der Waals surface area (Å²) in [6.45, 7) is 1.63. The van der Waals surface area contributed by atoms with Crippen molar-refractivity contribution >= 4 is 21.2 Å². The quantitative estimate of drug-likeness (QED) is 0.827. The van der Waals surface area contributed by atoms with Gasteiger partial charge in [-0.15, -0.1) is 11.3 Å². The Kier molecular flexibility index (Phi) is 4.69. The Morgan fingerprint density at radius 1 is 1.60 bits per heavy atom. The molecule has 0 fully saturated rings. The van der Waals surface area contributed by atoms with Crippen molar-refractivity contribution in [1.82, 2.24) is 4.98 Å². The second kappa shape index (κ2) is 5.58. The van der Waals surface area contributed by atoms with Crippen molar-refractivity contribution in [3.05, 3.63) is 16.6 Å². The van der Waals surface area contributed by atoms with Gasteiger partial charge in [0.05, 0.1) is 23.1 Å². The molecule has 0 saturated carbocycles. The first-order chi connectivity index (χ1) is 7.05. The normalized spacial score (nSPS) is 14.0. The molecule has 6 heteroatoms. The van der Waals surface area contributed by atoms with Crippen molar-refractivity contribution in [2.45, 2.75) is 25.9 Å². The SMILES string of the molecule is CCS(=O)(=O)CCCC(O)c1cscn1. The minimum absolute atomic E-state index is 0.144. The lowest BCUT2D eigenvalue weighted by Gasteiger charge is -2.07. The molecular formula is C9H15NO3S2. The van der Waals surface area contributed by atoms with Crippen LogP contribution in [0.15, 0.2) is 10.9 Å². The van der Waals surface area contributed by atoms with Crippen LogP contribution in [-0.4, -0.2) is 30.0 Å². The van der Waals surface area contributed by atoms with E-state index in [0.29, 0.717) is 18.5 Å². The van der Waals surface area contributed by atoms with Gasteiger partial charge in [-0.1, -0.05) is 6.92 Å². The van der Waals surface area contributed by atoms with Crippen LogP contribution in [-0.2, 0) is 9.84 Å². The Balaban J connectivity index is 2.33. The molecule has 1 unspecified atom stereocenters. The number of aliphatic hydroxyl groups excluding tert-OH is 1. The molecule has 0 radical (unpaired) electrons. The van der Waals surface area contributed by atoms with E-state index in [9.17, 15) is 13.5 Å². The molecule has 0 aliphatic rings. The van der Waals surface area contributed by atoms with Crippen LogP contribution in [0.1, 0.15) is 31.6 Å². The van der Waals surface area contributed by atoms with Gasteiger partial charge in [0.15, 0.2) is 0 Å². The standard InChI is InChI=1S/C9H15NO3S2/c1-2-15(12,13)5-3-4-9(11)8-6-14-7-10-8/h6-7,9,11H,2-5H2,1H3. The van der Waals surface area contributed by atoms with Crippen LogP contribution in [0.4, 0.5) is 0 Å². The highest BCUT2D eigenvalue weighted by molar-refractivity contribution is 7.91. The molecular weight excluding hydrogens is 234 g/mol. The highest BCUT2D eigenvalue weighted by Gasteiger charge is 2.12. The average molecular weight is 249 g/mol. The van der Waals surface area contributed by atoms with E-state index >= 15 is 0 Å². The summed E-state index contributed by atoms with van der Waals surface area (Å²) in [5.41, 5.74) is 2.29. The lowest BCUT2D eigenvalue weighted by Crippen LogP contribution is -2.10. The van der Waals surface area contributed by atoms with Crippen molar-refractivity contribution in [3.8, 4) is 0 Å². The molecule has 0 aliphatic heterocycles. The number of aromatic nitrogens is 1. The minimum Gasteiger partial charge on any atom is -0.387 e. The molecule has 86 valence electrons. The molecule has 0 amide bonds. The molecule has 0 saturated heterocycles. The lowest BCUT2D eigenvalue weighted by molar-refractivity contribution is 0.162. The maximum atomic E-state index is 11.2. The first kappa shape index (κ1) is 12.6. The first-order valence-corrected chi connectivity index (χ1v) is 7.58. The molecule has 1 heterocycles. The van der Waals surface area contributed by atoms with Crippen molar-refractivity contribution < 1.29 is 13.5 Å². The summed E-state index contributed by atoms with van der Waals surface area (Å²) in [7, 11) is -2.91. The third-order valence-corrected chi connectivity index (χ3v) is 4.56. The maximum Gasteiger partial charge on any atom is 0.150 e. The number of sulfone groups is 1. The smallest absolute Gasteiger partial charge is 0.150 e. The second-order valence-electron chi connectivity index (χ2n) is 3.31. The Hall–Kier alpha value is -0.460. The van der Waals surface area contributed by atoms with E-state index in [2.05, 4.69) is 4.98 Å². The summed E-state index contributed by atoms with van der Waals surface area (Å²) >= 11 is 1.42. The van der Waals surface area contributed by atoms with Gasteiger partial charge in [-0.05, 0) is 12.8 Å². The summed E-state index contributed by atoms with van der Waals surface area (Å²) in [5.74, 6) is 0.310. The van der Waals surface area contributed by atoms with Crippen LogP contribution in [0.5, 0.6) is 0 Å². The summed E-state index contributed by atoms with van der Waals surface area (Å²) in [4.78, 5) is 3.97. The van der Waals surface area contributed by atoms with E-state index < -0.39 is 15.9 Å². The third-order valence-electron chi connectivity index (χ3n) is 2.17. The van der Waals surface area contributed by atoms with Gasteiger partial charge in [0.2, 0.25) is 0 Å². The van der Waals surface area contributed by atoms with Gasteiger partial charge in [-0.2, -0.15) is 0 Å². The predicted octanol–water partition coefficient (Wildman–Crippen LogP) is 1.39. The van der Waals surface area contributed by atoms with E-state index in [1.165, 1.54) is 11.3 Å². The molecule has 0 aromatic carbocycles. The van der Waals surface area contributed by atoms with Crippen LogP contribution < -0.4 is 0 Å². The minimum atomic E-state index is -2.91. The van der Waals surface area contributed by atoms with Crippen LogP contribution in [0.3, 0.4) is 0 Å². The van der Waals surface area contributed by atoms with Gasteiger partial charge in [-0.25, -0.2) is 13.4 Å². The number of nitrogens with zero attached hydrogens (tertiary/aromatic N) is 1. The fourth-order valence-electron chi connectivity index (χ4n) is 1.18. The molecule has 0 aliphatic carbocycles. The van der Waals surface area contributed by atoms with Gasteiger partial charge in [-0.3, -0.25) is 0 Å². The molecule has 1 aromatic heterocycles. The van der Waals surface area contributed by atoms with Gasteiger partial charge < -0.3 is 5.11 Å². The first-order valence-electron chi connectivity index (χ1n) is 4.81. The van der Waals surface area contributed by atoms with Crippen molar-refractivity contribution in [1.29, 1.82) is 0 Å². The summed E-state index contributed by atoms with van der Waals surface area (Å²) in [6, 6.07) is 0. The van der Waals surface area contributed by atoms with E-state index in [1.807, 2.05) is 0 Å². The zero-order chi connectivity index (χ0) is 11.3. The zero-order valence-corrected chi connectivity index (χ0v) is 10.2. The van der Waals surface area contributed by atoms with Crippen molar-refractivity contribution in [2.24, 2.45) is 0 Å². The number of rotatable bonds is 6. The molecule has 0 bridgehead atoms. The van der Waals surface area contributed by atoms with Crippen LogP contribution in [0.25, 0.3) is 0 Å². The number of aliphatic hydroxyl groups is 1. The largest absolute Gasteiger partial charge is 0.387 e. The Morgan fingerprint density at radius 3 is 2.87 bits per heavy atom. The fraction of sp³-hybridized carbons (Fsp3) is 0.667. The molecule has 1 N–H and O–H groups in total. The van der Waals surface area contributed by atoms with Crippen LogP contribution in [0.2, 0.25) is 0 Å². The van der Waals surface area contributed by atoms with Gasteiger partial charge in [0.1, 0.15) is 9.84 Å². The molecule has 1 aromatic rings. The monoisotopic (exact) mass is 249 g/mol. The van der Waals surface area contributed by atoms with Gasteiger partial charge in [0, 0.05) is 11.1 Å². The molecule has 15 heavy (non-hydrogen) atoms. The summed E-state index contributed by atoms with van der Waals surface area (Å²) in [5, 5.41) is 11.4. The molecule has 1 rings (SSSR count).